The van der Waals surface area contributed by atoms with E-state index in [1.54, 1.807) is 19.2 Å². The minimum atomic E-state index is -0.261. The van der Waals surface area contributed by atoms with Crippen molar-refractivity contribution in [3.63, 3.8) is 0 Å². The topological polar surface area (TPSA) is 35.5 Å². The van der Waals surface area contributed by atoms with Gasteiger partial charge in [-0.1, -0.05) is 32.9 Å². The molecule has 100 valence electrons. The highest BCUT2D eigenvalue weighted by molar-refractivity contribution is 5.89. The molecule has 0 saturated heterocycles. The molecule has 0 atom stereocenters. The fourth-order valence-corrected chi connectivity index (χ4v) is 1.44. The highest BCUT2D eigenvalue weighted by atomic mass is 16.5. The lowest BCUT2D eigenvalue weighted by Crippen LogP contribution is -2.13. The van der Waals surface area contributed by atoms with Crippen LogP contribution in [-0.4, -0.2) is 19.7 Å². The third-order valence-electron chi connectivity index (χ3n) is 2.59. The van der Waals surface area contributed by atoms with E-state index in [0.717, 1.165) is 12.0 Å². The van der Waals surface area contributed by atoms with Crippen LogP contribution in [0.3, 0.4) is 0 Å². The van der Waals surface area contributed by atoms with E-state index in [4.69, 9.17) is 9.47 Å². The predicted molar refractivity (Wildman–Crippen MR) is 71.5 cm³/mol. The van der Waals surface area contributed by atoms with E-state index >= 15 is 0 Å². The normalized spacial score (nSPS) is 11.3. The Hall–Kier alpha value is -1.35. The van der Waals surface area contributed by atoms with E-state index in [9.17, 15) is 4.79 Å². The molecule has 1 aromatic carbocycles. The molecule has 18 heavy (non-hydrogen) atoms. The summed E-state index contributed by atoms with van der Waals surface area (Å²) in [6, 6.07) is 7.30. The molecule has 0 bridgehead atoms. The molecule has 0 amide bonds. The molecule has 0 radical (unpaired) electrons. The van der Waals surface area contributed by atoms with Crippen molar-refractivity contribution >= 4 is 5.97 Å². The Bertz CT molecular complexity index is 374. The minimum absolute atomic E-state index is 0.183. The van der Waals surface area contributed by atoms with Crippen molar-refractivity contribution in [2.24, 2.45) is 5.41 Å². The van der Waals surface area contributed by atoms with Gasteiger partial charge in [0.2, 0.25) is 0 Å². The van der Waals surface area contributed by atoms with Crippen LogP contribution in [-0.2, 0) is 16.1 Å². The number of carbonyl (C=O) groups excluding carboxylic acids is 1. The summed E-state index contributed by atoms with van der Waals surface area (Å²) in [7, 11) is 1.65. The maximum absolute atomic E-state index is 11.7. The molecule has 0 aliphatic rings. The van der Waals surface area contributed by atoms with Crippen molar-refractivity contribution in [2.75, 3.05) is 13.7 Å². The summed E-state index contributed by atoms with van der Waals surface area (Å²) in [6.45, 7) is 7.39. The molecule has 0 saturated carbocycles. The van der Waals surface area contributed by atoms with Gasteiger partial charge in [0.25, 0.3) is 0 Å². The second kappa shape index (κ2) is 6.55. The fourth-order valence-electron chi connectivity index (χ4n) is 1.44. The Morgan fingerprint density at radius 3 is 2.28 bits per heavy atom. The lowest BCUT2D eigenvalue weighted by Gasteiger charge is -2.17. The maximum Gasteiger partial charge on any atom is 0.338 e. The van der Waals surface area contributed by atoms with Crippen molar-refractivity contribution < 1.29 is 14.3 Å². The minimum Gasteiger partial charge on any atom is -0.462 e. The van der Waals surface area contributed by atoms with E-state index < -0.39 is 0 Å². The van der Waals surface area contributed by atoms with Crippen LogP contribution in [0.25, 0.3) is 0 Å². The largest absolute Gasteiger partial charge is 0.462 e. The average molecular weight is 250 g/mol. The number of benzene rings is 1. The summed E-state index contributed by atoms with van der Waals surface area (Å²) in [5.74, 6) is -0.261. The lowest BCUT2D eigenvalue weighted by molar-refractivity contribution is 0.0465. The maximum atomic E-state index is 11.7. The van der Waals surface area contributed by atoms with Gasteiger partial charge in [-0.25, -0.2) is 4.79 Å². The van der Waals surface area contributed by atoms with E-state index in [1.165, 1.54) is 0 Å². The van der Waals surface area contributed by atoms with Crippen LogP contribution < -0.4 is 0 Å². The second-order valence-corrected chi connectivity index (χ2v) is 5.58. The molecule has 1 aromatic rings. The molecular weight excluding hydrogens is 228 g/mol. The van der Waals surface area contributed by atoms with Gasteiger partial charge in [0, 0.05) is 7.11 Å². The second-order valence-electron chi connectivity index (χ2n) is 5.58. The molecular formula is C15H22O3. The van der Waals surface area contributed by atoms with Crippen molar-refractivity contribution in [2.45, 2.75) is 33.8 Å². The zero-order valence-corrected chi connectivity index (χ0v) is 11.7. The number of hydrogen-bond donors (Lipinski definition) is 0. The van der Waals surface area contributed by atoms with Crippen LogP contribution in [0.4, 0.5) is 0 Å². The molecule has 0 aliphatic heterocycles. The Labute approximate surface area is 109 Å². The summed E-state index contributed by atoms with van der Waals surface area (Å²) in [6.07, 6.45) is 0.862. The number of hydrogen-bond acceptors (Lipinski definition) is 3. The first kappa shape index (κ1) is 14.7. The fraction of sp³-hybridized carbons (Fsp3) is 0.533. The number of methoxy groups -OCH3 is 1. The van der Waals surface area contributed by atoms with Gasteiger partial charge in [-0.3, -0.25) is 0 Å². The first-order valence-electron chi connectivity index (χ1n) is 6.17. The molecule has 3 nitrogen and oxygen atoms in total. The highest BCUT2D eigenvalue weighted by Crippen LogP contribution is 2.18. The molecule has 0 fully saturated rings. The van der Waals surface area contributed by atoms with Gasteiger partial charge < -0.3 is 9.47 Å². The molecule has 0 N–H and O–H groups in total. The van der Waals surface area contributed by atoms with Crippen molar-refractivity contribution in [1.82, 2.24) is 0 Å². The molecule has 0 spiro atoms. The lowest BCUT2D eigenvalue weighted by atomic mass is 9.93. The van der Waals surface area contributed by atoms with Crippen molar-refractivity contribution in [1.29, 1.82) is 0 Å². The number of ether oxygens (including phenoxy) is 2. The van der Waals surface area contributed by atoms with Gasteiger partial charge in [0.15, 0.2) is 0 Å². The van der Waals surface area contributed by atoms with Gasteiger partial charge in [-0.15, -0.1) is 0 Å². The van der Waals surface area contributed by atoms with E-state index in [0.29, 0.717) is 18.8 Å². The Balaban J connectivity index is 2.46. The molecule has 3 heteroatoms. The summed E-state index contributed by atoms with van der Waals surface area (Å²) >= 11 is 0. The molecule has 0 unspecified atom stereocenters. The Morgan fingerprint density at radius 1 is 1.17 bits per heavy atom. The smallest absolute Gasteiger partial charge is 0.338 e. The molecule has 0 aliphatic carbocycles. The van der Waals surface area contributed by atoms with Gasteiger partial charge in [-0.2, -0.15) is 0 Å². The predicted octanol–water partition coefficient (Wildman–Crippen LogP) is 3.43. The molecule has 0 aromatic heterocycles. The quantitative estimate of drug-likeness (QED) is 0.751. The number of esters is 1. The first-order chi connectivity index (χ1) is 8.42. The summed E-state index contributed by atoms with van der Waals surface area (Å²) in [5, 5.41) is 0. The van der Waals surface area contributed by atoms with E-state index in [1.807, 2.05) is 12.1 Å². The van der Waals surface area contributed by atoms with Crippen molar-refractivity contribution in [3.8, 4) is 0 Å². The Kier molecular flexibility index (Phi) is 5.35. The SMILES string of the molecule is COCc1ccc(C(=O)OCCC(C)(C)C)cc1. The zero-order valence-electron chi connectivity index (χ0n) is 11.7. The van der Waals surface area contributed by atoms with Crippen LogP contribution in [0.15, 0.2) is 24.3 Å². The third kappa shape index (κ3) is 5.32. The van der Waals surface area contributed by atoms with E-state index in [2.05, 4.69) is 20.8 Å². The van der Waals surface area contributed by atoms with Crippen LogP contribution in [0.2, 0.25) is 0 Å². The number of rotatable bonds is 5. The summed E-state index contributed by atoms with van der Waals surface area (Å²) in [4.78, 5) is 11.7. The third-order valence-corrected chi connectivity index (χ3v) is 2.59. The molecule has 0 heterocycles. The highest BCUT2D eigenvalue weighted by Gasteiger charge is 2.12. The summed E-state index contributed by atoms with van der Waals surface area (Å²) in [5.41, 5.74) is 1.82. The van der Waals surface area contributed by atoms with Gasteiger partial charge in [-0.05, 0) is 29.5 Å². The van der Waals surface area contributed by atoms with Gasteiger partial charge in [0.1, 0.15) is 0 Å². The monoisotopic (exact) mass is 250 g/mol. The average Bonchev–Trinajstić information content (AvgIpc) is 2.28. The number of carbonyl (C=O) groups is 1. The zero-order chi connectivity index (χ0) is 13.6. The molecule has 1 rings (SSSR count). The van der Waals surface area contributed by atoms with Crippen LogP contribution >= 0.6 is 0 Å². The van der Waals surface area contributed by atoms with Crippen LogP contribution in [0, 0.1) is 5.41 Å². The standard InChI is InChI=1S/C15H22O3/c1-15(2,3)9-10-18-14(16)13-7-5-12(6-8-13)11-17-4/h5-8H,9-11H2,1-4H3. The Morgan fingerprint density at radius 2 is 1.78 bits per heavy atom. The van der Waals surface area contributed by atoms with Crippen LogP contribution in [0.5, 0.6) is 0 Å². The first-order valence-corrected chi connectivity index (χ1v) is 6.17. The van der Waals surface area contributed by atoms with E-state index in [-0.39, 0.29) is 11.4 Å². The van der Waals surface area contributed by atoms with Crippen LogP contribution in [0.1, 0.15) is 43.1 Å². The van der Waals surface area contributed by atoms with Gasteiger partial charge >= 0.3 is 5.97 Å². The summed E-state index contributed by atoms with van der Waals surface area (Å²) < 4.78 is 10.2. The van der Waals surface area contributed by atoms with Crippen molar-refractivity contribution in [3.05, 3.63) is 35.4 Å². The van der Waals surface area contributed by atoms with Gasteiger partial charge in [0.05, 0.1) is 18.8 Å².